The largest absolute Gasteiger partial charge is 0.286 e. The number of hydrogen-bond acceptors (Lipinski definition) is 2. The van der Waals surface area contributed by atoms with Crippen LogP contribution in [0.3, 0.4) is 0 Å². The highest BCUT2D eigenvalue weighted by atomic mass is 16.2. The number of Topliss-reactive ketones (excluding diaryl/α,β-unsaturated/α-hetero) is 1. The standard InChI is InChI=1S/C22H36O2/c1-19(2,3)13-21(7,8)15-11-16(18(24)17(23)12-15)22(9,10)14-20(4,5)6/h11-12H,13-14H2,1-10H3. The molecule has 0 amide bonds. The maximum absolute atomic E-state index is 12.6. The molecule has 0 aliphatic heterocycles. The molecular weight excluding hydrogens is 296 g/mol. The van der Waals surface area contributed by atoms with Crippen LogP contribution in [0, 0.1) is 21.7 Å². The second kappa shape index (κ2) is 6.28. The van der Waals surface area contributed by atoms with Gasteiger partial charge in [-0.2, -0.15) is 0 Å². The van der Waals surface area contributed by atoms with E-state index in [1.807, 2.05) is 6.08 Å². The Morgan fingerprint density at radius 1 is 0.667 bits per heavy atom. The fraction of sp³-hybridized carbons (Fsp3) is 0.727. The van der Waals surface area contributed by atoms with Gasteiger partial charge >= 0.3 is 0 Å². The number of carbonyl (C=O) groups is 2. The third-order valence-electron chi connectivity index (χ3n) is 4.51. The molecule has 136 valence electrons. The molecule has 0 N–H and O–H groups in total. The van der Waals surface area contributed by atoms with Gasteiger partial charge in [0.15, 0.2) is 0 Å². The van der Waals surface area contributed by atoms with Crippen LogP contribution in [0.5, 0.6) is 0 Å². The molecule has 0 aromatic rings. The molecule has 0 saturated heterocycles. The van der Waals surface area contributed by atoms with Gasteiger partial charge in [0.1, 0.15) is 0 Å². The first-order valence-corrected chi connectivity index (χ1v) is 8.98. The minimum atomic E-state index is -0.369. The maximum Gasteiger partial charge on any atom is 0.229 e. The molecule has 0 bridgehead atoms. The summed E-state index contributed by atoms with van der Waals surface area (Å²) in [6, 6.07) is 0. The number of carbonyl (C=O) groups excluding carboxylic acids is 2. The Balaban J connectivity index is 3.31. The minimum Gasteiger partial charge on any atom is -0.286 e. The quantitative estimate of drug-likeness (QED) is 0.473. The van der Waals surface area contributed by atoms with Gasteiger partial charge in [-0.1, -0.05) is 75.3 Å². The van der Waals surface area contributed by atoms with Crippen LogP contribution < -0.4 is 0 Å². The molecule has 0 unspecified atom stereocenters. The fourth-order valence-electron chi connectivity index (χ4n) is 4.34. The van der Waals surface area contributed by atoms with Crippen molar-refractivity contribution in [2.24, 2.45) is 21.7 Å². The minimum absolute atomic E-state index is 0.0932. The molecule has 0 spiro atoms. The first-order chi connectivity index (χ1) is 10.4. The van der Waals surface area contributed by atoms with Gasteiger partial charge in [-0.05, 0) is 46.2 Å². The van der Waals surface area contributed by atoms with Crippen LogP contribution in [-0.2, 0) is 9.59 Å². The lowest BCUT2D eigenvalue weighted by atomic mass is 9.65. The first kappa shape index (κ1) is 20.9. The summed E-state index contributed by atoms with van der Waals surface area (Å²) in [7, 11) is 0. The van der Waals surface area contributed by atoms with Crippen LogP contribution in [0.4, 0.5) is 0 Å². The zero-order valence-corrected chi connectivity index (χ0v) is 17.4. The second-order valence-corrected chi connectivity index (χ2v) is 11.1. The van der Waals surface area contributed by atoms with Crippen LogP contribution in [0.15, 0.2) is 23.3 Å². The van der Waals surface area contributed by atoms with Gasteiger partial charge in [0.25, 0.3) is 0 Å². The molecule has 0 radical (unpaired) electrons. The monoisotopic (exact) mass is 332 g/mol. The lowest BCUT2D eigenvalue weighted by Crippen LogP contribution is -2.34. The molecule has 0 aromatic heterocycles. The Bertz CT molecular complexity index is 584. The summed E-state index contributed by atoms with van der Waals surface area (Å²) in [6.45, 7) is 21.6. The highest BCUT2D eigenvalue weighted by Gasteiger charge is 2.39. The molecule has 24 heavy (non-hydrogen) atoms. The summed E-state index contributed by atoms with van der Waals surface area (Å²) >= 11 is 0. The second-order valence-electron chi connectivity index (χ2n) is 11.1. The van der Waals surface area contributed by atoms with Crippen molar-refractivity contribution in [2.75, 3.05) is 0 Å². The molecule has 1 aliphatic carbocycles. The molecule has 0 heterocycles. The number of allylic oxidation sites excluding steroid dienone is 4. The molecular formula is C22H36O2. The van der Waals surface area contributed by atoms with Gasteiger partial charge in [-0.25, -0.2) is 0 Å². The Kier molecular flexibility index (Phi) is 5.46. The summed E-state index contributed by atoms with van der Waals surface area (Å²) in [4.78, 5) is 24.9. The Labute approximate surface area is 148 Å². The van der Waals surface area contributed by atoms with Crippen LogP contribution >= 0.6 is 0 Å². The third-order valence-corrected chi connectivity index (χ3v) is 4.51. The van der Waals surface area contributed by atoms with E-state index in [2.05, 4.69) is 69.2 Å². The van der Waals surface area contributed by atoms with E-state index in [-0.39, 0.29) is 33.2 Å². The van der Waals surface area contributed by atoms with Gasteiger partial charge in [-0.3, -0.25) is 9.59 Å². The summed E-state index contributed by atoms with van der Waals surface area (Å²) in [5, 5.41) is 0. The summed E-state index contributed by atoms with van der Waals surface area (Å²) in [5.74, 6) is -0.703. The molecule has 2 nitrogen and oxygen atoms in total. The molecule has 1 rings (SSSR count). The maximum atomic E-state index is 12.6. The summed E-state index contributed by atoms with van der Waals surface area (Å²) in [5.41, 5.74) is 1.44. The highest BCUT2D eigenvalue weighted by Crippen LogP contribution is 2.45. The van der Waals surface area contributed by atoms with Gasteiger partial charge in [0, 0.05) is 5.57 Å². The van der Waals surface area contributed by atoms with E-state index in [1.165, 1.54) is 0 Å². The molecule has 0 aromatic carbocycles. The average Bonchev–Trinajstić information content (AvgIpc) is 2.25. The molecule has 0 atom stereocenters. The van der Waals surface area contributed by atoms with Crippen molar-refractivity contribution in [2.45, 2.75) is 82.1 Å². The average molecular weight is 333 g/mol. The lowest BCUT2D eigenvalue weighted by Gasteiger charge is -2.38. The zero-order valence-electron chi connectivity index (χ0n) is 17.4. The van der Waals surface area contributed by atoms with E-state index in [9.17, 15) is 9.59 Å². The van der Waals surface area contributed by atoms with Crippen molar-refractivity contribution in [3.8, 4) is 0 Å². The van der Waals surface area contributed by atoms with E-state index in [4.69, 9.17) is 0 Å². The van der Waals surface area contributed by atoms with Crippen molar-refractivity contribution in [1.82, 2.24) is 0 Å². The van der Waals surface area contributed by atoms with E-state index in [0.29, 0.717) is 5.57 Å². The smallest absolute Gasteiger partial charge is 0.229 e. The van der Waals surface area contributed by atoms with Gasteiger partial charge in [-0.15, -0.1) is 0 Å². The normalized spacial score (nSPS) is 17.8. The predicted molar refractivity (Wildman–Crippen MR) is 102 cm³/mol. The molecule has 0 fully saturated rings. The van der Waals surface area contributed by atoms with Crippen LogP contribution in [0.1, 0.15) is 82.1 Å². The Hall–Kier alpha value is -1.18. The van der Waals surface area contributed by atoms with E-state index in [1.54, 1.807) is 6.08 Å². The number of hydrogen-bond donors (Lipinski definition) is 0. The van der Waals surface area contributed by atoms with Crippen molar-refractivity contribution >= 4 is 11.6 Å². The summed E-state index contributed by atoms with van der Waals surface area (Å²) in [6.07, 6.45) is 5.38. The van der Waals surface area contributed by atoms with Crippen LogP contribution in [-0.4, -0.2) is 11.6 Å². The van der Waals surface area contributed by atoms with Gasteiger partial charge in [0.05, 0.1) is 0 Å². The van der Waals surface area contributed by atoms with Crippen molar-refractivity contribution < 1.29 is 9.59 Å². The molecule has 1 aliphatic rings. The highest BCUT2D eigenvalue weighted by molar-refractivity contribution is 6.48. The van der Waals surface area contributed by atoms with Gasteiger partial charge < -0.3 is 0 Å². The fourth-order valence-corrected chi connectivity index (χ4v) is 4.34. The Morgan fingerprint density at radius 3 is 1.50 bits per heavy atom. The van der Waals surface area contributed by atoms with Gasteiger partial charge in [0.2, 0.25) is 11.6 Å². The van der Waals surface area contributed by atoms with Crippen molar-refractivity contribution in [3.05, 3.63) is 23.3 Å². The topological polar surface area (TPSA) is 34.1 Å². The number of rotatable bonds is 4. The summed E-state index contributed by atoms with van der Waals surface area (Å²) < 4.78 is 0. The van der Waals surface area contributed by atoms with Crippen molar-refractivity contribution in [1.29, 1.82) is 0 Å². The first-order valence-electron chi connectivity index (χ1n) is 8.98. The zero-order chi connectivity index (χ0) is 19.1. The van der Waals surface area contributed by atoms with E-state index < -0.39 is 0 Å². The third kappa shape index (κ3) is 5.43. The van der Waals surface area contributed by atoms with E-state index in [0.717, 1.165) is 18.4 Å². The van der Waals surface area contributed by atoms with E-state index >= 15 is 0 Å². The predicted octanol–water partition coefficient (Wildman–Crippen LogP) is 5.92. The molecule has 2 heteroatoms. The van der Waals surface area contributed by atoms with Crippen molar-refractivity contribution in [3.63, 3.8) is 0 Å². The van der Waals surface area contributed by atoms with Crippen LogP contribution in [0.2, 0.25) is 0 Å². The molecule has 0 saturated carbocycles. The lowest BCUT2D eigenvalue weighted by molar-refractivity contribution is -0.132. The SMILES string of the molecule is CC(C)(C)CC(C)(C)C1=CC(=O)C(=O)C(C(C)(C)CC(C)(C)C)=C1. The van der Waals surface area contributed by atoms with Crippen LogP contribution in [0.25, 0.3) is 0 Å². The Morgan fingerprint density at radius 2 is 1.08 bits per heavy atom. The number of ketones is 2.